The van der Waals surface area contributed by atoms with Crippen LogP contribution in [0.1, 0.15) is 5.56 Å². The van der Waals surface area contributed by atoms with Crippen molar-refractivity contribution in [3.8, 4) is 5.75 Å². The minimum absolute atomic E-state index is 0.195. The molecule has 0 aliphatic rings. The summed E-state index contributed by atoms with van der Waals surface area (Å²) in [6.07, 6.45) is 2.63. The fourth-order valence-electron chi connectivity index (χ4n) is 1.03. The highest BCUT2D eigenvalue weighted by Gasteiger charge is 2.01. The molecular formula is C11H11IO4. The quantitative estimate of drug-likeness (QED) is 0.510. The predicted molar refractivity (Wildman–Crippen MR) is 68.3 cm³/mol. The Morgan fingerprint density at radius 2 is 2.31 bits per heavy atom. The molecule has 1 aromatic carbocycles. The lowest BCUT2D eigenvalue weighted by atomic mass is 10.2. The minimum atomic E-state index is -0.963. The summed E-state index contributed by atoms with van der Waals surface area (Å²) in [5, 5.41) is 8.48. The lowest BCUT2D eigenvalue weighted by Gasteiger charge is -2.07. The highest BCUT2D eigenvalue weighted by atomic mass is 127. The molecule has 4 nitrogen and oxygen atoms in total. The number of hydrogen-bond acceptors (Lipinski definition) is 3. The fourth-order valence-corrected chi connectivity index (χ4v) is 1.72. The number of carbonyl (C=O) groups is 1. The van der Waals surface area contributed by atoms with Crippen molar-refractivity contribution >= 4 is 34.6 Å². The smallest absolute Gasteiger partial charge is 0.328 e. The Labute approximate surface area is 107 Å². The molecule has 1 aromatic rings. The summed E-state index contributed by atoms with van der Waals surface area (Å²) in [4.78, 5) is 10.3. The molecule has 0 saturated carbocycles. The van der Waals surface area contributed by atoms with E-state index in [1.807, 2.05) is 6.07 Å². The van der Waals surface area contributed by atoms with Crippen molar-refractivity contribution in [1.29, 1.82) is 0 Å². The van der Waals surface area contributed by atoms with E-state index in [1.54, 1.807) is 19.2 Å². The Morgan fingerprint density at radius 1 is 1.56 bits per heavy atom. The van der Waals surface area contributed by atoms with Crippen LogP contribution in [0.15, 0.2) is 24.3 Å². The van der Waals surface area contributed by atoms with E-state index in [0.29, 0.717) is 0 Å². The molecule has 0 aliphatic carbocycles. The third kappa shape index (κ3) is 4.19. The van der Waals surface area contributed by atoms with Crippen LogP contribution in [-0.4, -0.2) is 25.0 Å². The monoisotopic (exact) mass is 334 g/mol. The second-order valence-corrected chi connectivity index (χ2v) is 4.07. The van der Waals surface area contributed by atoms with Gasteiger partial charge in [-0.2, -0.15) is 0 Å². The number of aliphatic carboxylic acids is 1. The maximum atomic E-state index is 10.3. The highest BCUT2D eigenvalue weighted by Crippen LogP contribution is 2.22. The van der Waals surface area contributed by atoms with Crippen LogP contribution >= 0.6 is 22.6 Å². The SMILES string of the molecule is COCOc1ccc(/C=C\C(=O)O)cc1I. The molecule has 0 unspecified atom stereocenters. The molecule has 0 saturated heterocycles. The zero-order valence-electron chi connectivity index (χ0n) is 8.64. The number of hydrogen-bond donors (Lipinski definition) is 1. The molecule has 0 spiro atoms. The molecule has 16 heavy (non-hydrogen) atoms. The first-order valence-electron chi connectivity index (χ1n) is 4.46. The topological polar surface area (TPSA) is 55.8 Å². The lowest BCUT2D eigenvalue weighted by molar-refractivity contribution is -0.131. The normalized spacial score (nSPS) is 10.6. The van der Waals surface area contributed by atoms with Crippen molar-refractivity contribution in [3.05, 3.63) is 33.4 Å². The van der Waals surface area contributed by atoms with Crippen LogP contribution in [-0.2, 0) is 9.53 Å². The number of methoxy groups -OCH3 is 1. The van der Waals surface area contributed by atoms with Gasteiger partial charge in [0.25, 0.3) is 0 Å². The largest absolute Gasteiger partial charge is 0.478 e. The molecule has 0 radical (unpaired) electrons. The van der Waals surface area contributed by atoms with Crippen LogP contribution in [0.25, 0.3) is 6.08 Å². The first-order chi connectivity index (χ1) is 7.63. The Bertz CT molecular complexity index is 401. The molecule has 1 N–H and O–H groups in total. The van der Waals surface area contributed by atoms with E-state index in [0.717, 1.165) is 21.0 Å². The molecule has 0 bridgehead atoms. The van der Waals surface area contributed by atoms with Crippen LogP contribution in [0.4, 0.5) is 0 Å². The Balaban J connectivity index is 2.78. The Kier molecular flexibility index (Phi) is 5.27. The molecule has 0 amide bonds. The van der Waals surface area contributed by atoms with Gasteiger partial charge in [0.15, 0.2) is 6.79 Å². The summed E-state index contributed by atoms with van der Waals surface area (Å²) in [5.41, 5.74) is 0.816. The summed E-state index contributed by atoms with van der Waals surface area (Å²) >= 11 is 2.12. The van der Waals surface area contributed by atoms with Gasteiger partial charge >= 0.3 is 5.97 Å². The summed E-state index contributed by atoms with van der Waals surface area (Å²) < 4.78 is 11.0. The van der Waals surface area contributed by atoms with Gasteiger partial charge in [-0.1, -0.05) is 6.07 Å². The highest BCUT2D eigenvalue weighted by molar-refractivity contribution is 14.1. The zero-order valence-corrected chi connectivity index (χ0v) is 10.8. The molecule has 0 aromatic heterocycles. The molecule has 0 fully saturated rings. The van der Waals surface area contributed by atoms with Crippen LogP contribution in [0.5, 0.6) is 5.75 Å². The van der Waals surface area contributed by atoms with Crippen molar-refractivity contribution in [2.24, 2.45) is 0 Å². The van der Waals surface area contributed by atoms with Gasteiger partial charge in [0, 0.05) is 13.2 Å². The van der Waals surface area contributed by atoms with E-state index in [9.17, 15) is 4.79 Å². The molecule has 86 valence electrons. The number of rotatable bonds is 5. The Morgan fingerprint density at radius 3 is 2.88 bits per heavy atom. The van der Waals surface area contributed by atoms with Crippen molar-refractivity contribution < 1.29 is 19.4 Å². The summed E-state index contributed by atoms with van der Waals surface area (Å²) in [6, 6.07) is 5.40. The van der Waals surface area contributed by atoms with E-state index in [4.69, 9.17) is 14.6 Å². The average molecular weight is 334 g/mol. The molecule has 0 heterocycles. The molecule has 5 heteroatoms. The van der Waals surface area contributed by atoms with Gasteiger partial charge < -0.3 is 14.6 Å². The van der Waals surface area contributed by atoms with Gasteiger partial charge in [-0.15, -0.1) is 0 Å². The van der Waals surface area contributed by atoms with Crippen molar-refractivity contribution in [2.75, 3.05) is 13.9 Å². The number of carboxylic acids is 1. The fraction of sp³-hybridized carbons (Fsp3) is 0.182. The molecule has 1 rings (SSSR count). The molecule has 0 aliphatic heterocycles. The molecule has 0 atom stereocenters. The number of carboxylic acid groups (broad SMARTS) is 1. The van der Waals surface area contributed by atoms with Gasteiger partial charge in [0.1, 0.15) is 5.75 Å². The van der Waals surface area contributed by atoms with Gasteiger partial charge in [-0.25, -0.2) is 4.79 Å². The average Bonchev–Trinajstić information content (AvgIpc) is 2.25. The zero-order chi connectivity index (χ0) is 12.0. The van der Waals surface area contributed by atoms with Gasteiger partial charge in [0.2, 0.25) is 0 Å². The van der Waals surface area contributed by atoms with Gasteiger partial charge in [-0.05, 0) is 46.4 Å². The van der Waals surface area contributed by atoms with E-state index in [2.05, 4.69) is 22.6 Å². The minimum Gasteiger partial charge on any atom is -0.478 e. The van der Waals surface area contributed by atoms with E-state index >= 15 is 0 Å². The van der Waals surface area contributed by atoms with E-state index < -0.39 is 5.97 Å². The number of halogens is 1. The number of benzene rings is 1. The van der Waals surface area contributed by atoms with Crippen molar-refractivity contribution in [2.45, 2.75) is 0 Å². The second kappa shape index (κ2) is 6.49. The van der Waals surface area contributed by atoms with Crippen molar-refractivity contribution in [1.82, 2.24) is 0 Å². The second-order valence-electron chi connectivity index (χ2n) is 2.91. The van der Waals surface area contributed by atoms with E-state index in [-0.39, 0.29) is 6.79 Å². The number of ether oxygens (including phenoxy) is 2. The maximum absolute atomic E-state index is 10.3. The summed E-state index contributed by atoms with van der Waals surface area (Å²) in [7, 11) is 1.55. The third-order valence-electron chi connectivity index (χ3n) is 1.71. The van der Waals surface area contributed by atoms with Crippen LogP contribution in [0.3, 0.4) is 0 Å². The first kappa shape index (κ1) is 13.0. The molecular weight excluding hydrogens is 323 g/mol. The van der Waals surface area contributed by atoms with Gasteiger partial charge in [-0.3, -0.25) is 0 Å². The third-order valence-corrected chi connectivity index (χ3v) is 2.55. The first-order valence-corrected chi connectivity index (χ1v) is 5.53. The van der Waals surface area contributed by atoms with Crippen LogP contribution < -0.4 is 4.74 Å². The lowest BCUT2D eigenvalue weighted by Crippen LogP contribution is -2.00. The Hall–Kier alpha value is -1.08. The maximum Gasteiger partial charge on any atom is 0.328 e. The predicted octanol–water partition coefficient (Wildman–Crippen LogP) is 2.37. The van der Waals surface area contributed by atoms with Gasteiger partial charge in [0.05, 0.1) is 3.57 Å². The summed E-state index contributed by atoms with van der Waals surface area (Å²) in [6.45, 7) is 0.195. The van der Waals surface area contributed by atoms with Crippen LogP contribution in [0, 0.1) is 3.57 Å². The van der Waals surface area contributed by atoms with E-state index in [1.165, 1.54) is 6.08 Å². The van der Waals surface area contributed by atoms with Crippen LogP contribution in [0.2, 0.25) is 0 Å². The summed E-state index contributed by atoms with van der Waals surface area (Å²) in [5.74, 6) is -0.246. The standard InChI is InChI=1S/C11H11IO4/c1-15-7-16-10-4-2-8(6-9(10)12)3-5-11(13)14/h2-6H,7H2,1H3,(H,13,14)/b5-3-. The van der Waals surface area contributed by atoms with Crippen molar-refractivity contribution in [3.63, 3.8) is 0 Å².